The topological polar surface area (TPSA) is 85.2 Å². The molecule has 3 N–H and O–H groups in total. The lowest BCUT2D eigenvalue weighted by atomic mass is 10.2. The number of benzene rings is 1. The number of hydrogen-bond acceptors (Lipinski definition) is 4. The first-order valence-corrected chi connectivity index (χ1v) is 6.98. The Bertz CT molecular complexity index is 548. The standard InChI is InChI=1S/C15H18ClN3O2/c1-2-13(10-20)18-9-12(7-17)15(21)19-8-11-5-3-4-6-14(11)16/h3-6,9,13,18,20H,2,8,10H2,1H3,(H,19,21)/b12-9-. The molecule has 0 bridgehead atoms. The minimum atomic E-state index is -0.488. The molecule has 0 radical (unpaired) electrons. The maximum Gasteiger partial charge on any atom is 0.263 e. The first-order chi connectivity index (χ1) is 10.1. The Balaban J connectivity index is 2.62. The zero-order valence-corrected chi connectivity index (χ0v) is 12.5. The molecule has 1 unspecified atom stereocenters. The predicted molar refractivity (Wildman–Crippen MR) is 81.3 cm³/mol. The summed E-state index contributed by atoms with van der Waals surface area (Å²) in [4.78, 5) is 11.9. The van der Waals surface area contributed by atoms with Gasteiger partial charge in [0.1, 0.15) is 11.6 Å². The Morgan fingerprint density at radius 2 is 2.24 bits per heavy atom. The Morgan fingerprint density at radius 1 is 1.52 bits per heavy atom. The van der Waals surface area contributed by atoms with Crippen LogP contribution >= 0.6 is 11.6 Å². The van der Waals surface area contributed by atoms with Gasteiger partial charge < -0.3 is 15.7 Å². The van der Waals surface area contributed by atoms with Gasteiger partial charge in [-0.3, -0.25) is 4.79 Å². The molecule has 0 aliphatic carbocycles. The maximum atomic E-state index is 11.9. The number of hydrogen-bond donors (Lipinski definition) is 3. The van der Waals surface area contributed by atoms with Crippen molar-refractivity contribution in [1.29, 1.82) is 5.26 Å². The number of amides is 1. The van der Waals surface area contributed by atoms with Crippen LogP contribution in [0, 0.1) is 11.3 Å². The normalized spacial score (nSPS) is 12.4. The number of aliphatic hydroxyl groups excluding tert-OH is 1. The third kappa shape index (κ3) is 5.46. The first-order valence-electron chi connectivity index (χ1n) is 6.61. The summed E-state index contributed by atoms with van der Waals surface area (Å²) >= 11 is 5.99. The molecule has 0 saturated heterocycles. The highest BCUT2D eigenvalue weighted by Crippen LogP contribution is 2.14. The third-order valence-corrected chi connectivity index (χ3v) is 3.31. The fourth-order valence-corrected chi connectivity index (χ4v) is 1.76. The number of carbonyl (C=O) groups is 1. The molecular weight excluding hydrogens is 290 g/mol. The van der Waals surface area contributed by atoms with Crippen LogP contribution < -0.4 is 10.6 Å². The monoisotopic (exact) mass is 307 g/mol. The van der Waals surface area contributed by atoms with Gasteiger partial charge in [0.05, 0.1) is 6.61 Å². The zero-order valence-electron chi connectivity index (χ0n) is 11.8. The molecular formula is C15H18ClN3O2. The smallest absolute Gasteiger partial charge is 0.263 e. The highest BCUT2D eigenvalue weighted by molar-refractivity contribution is 6.31. The highest BCUT2D eigenvalue weighted by Gasteiger charge is 2.10. The maximum absolute atomic E-state index is 11.9. The number of rotatable bonds is 7. The molecule has 1 aromatic rings. The fraction of sp³-hybridized carbons (Fsp3) is 0.333. The number of aliphatic hydroxyl groups is 1. The van der Waals surface area contributed by atoms with Gasteiger partial charge in [0, 0.05) is 23.8 Å². The van der Waals surface area contributed by atoms with Crippen molar-refractivity contribution in [1.82, 2.24) is 10.6 Å². The van der Waals surface area contributed by atoms with Crippen LogP contribution in [0.4, 0.5) is 0 Å². The van der Waals surface area contributed by atoms with Crippen LogP contribution in [0.15, 0.2) is 36.0 Å². The molecule has 0 aromatic heterocycles. The van der Waals surface area contributed by atoms with Crippen LogP contribution in [-0.4, -0.2) is 23.7 Å². The molecule has 0 spiro atoms. The molecule has 0 aliphatic heterocycles. The Morgan fingerprint density at radius 3 is 2.81 bits per heavy atom. The van der Waals surface area contributed by atoms with Gasteiger partial charge in [-0.15, -0.1) is 0 Å². The second-order valence-electron chi connectivity index (χ2n) is 4.40. The van der Waals surface area contributed by atoms with Gasteiger partial charge in [0.15, 0.2) is 0 Å². The third-order valence-electron chi connectivity index (χ3n) is 2.94. The van der Waals surface area contributed by atoms with Crippen molar-refractivity contribution >= 4 is 17.5 Å². The lowest BCUT2D eigenvalue weighted by Crippen LogP contribution is -2.30. The lowest BCUT2D eigenvalue weighted by Gasteiger charge is -2.12. The molecule has 5 nitrogen and oxygen atoms in total. The van der Waals surface area contributed by atoms with Crippen molar-refractivity contribution in [2.24, 2.45) is 0 Å². The molecule has 112 valence electrons. The summed E-state index contributed by atoms with van der Waals surface area (Å²) in [6.07, 6.45) is 2.01. The summed E-state index contributed by atoms with van der Waals surface area (Å²) in [5.41, 5.74) is 0.730. The van der Waals surface area contributed by atoms with Crippen molar-refractivity contribution < 1.29 is 9.90 Å². The first kappa shape index (κ1) is 17.0. The summed E-state index contributed by atoms with van der Waals surface area (Å²) in [5, 5.41) is 24.1. The number of nitrogens with one attached hydrogen (secondary N) is 2. The van der Waals surface area contributed by atoms with Gasteiger partial charge in [-0.25, -0.2) is 0 Å². The fourth-order valence-electron chi connectivity index (χ4n) is 1.56. The zero-order chi connectivity index (χ0) is 15.7. The van der Waals surface area contributed by atoms with E-state index in [4.69, 9.17) is 22.0 Å². The number of nitriles is 1. The second kappa shape index (κ2) is 9.01. The summed E-state index contributed by atoms with van der Waals surface area (Å²) in [6.45, 7) is 2.08. The van der Waals surface area contributed by atoms with Crippen molar-refractivity contribution in [2.45, 2.75) is 25.9 Å². The Labute approximate surface area is 129 Å². The molecule has 21 heavy (non-hydrogen) atoms. The largest absolute Gasteiger partial charge is 0.394 e. The Hall–Kier alpha value is -2.03. The van der Waals surface area contributed by atoms with Gasteiger partial charge in [-0.2, -0.15) is 5.26 Å². The summed E-state index contributed by atoms with van der Waals surface area (Å²) in [7, 11) is 0. The predicted octanol–water partition coefficient (Wildman–Crippen LogP) is 1.72. The quantitative estimate of drug-likeness (QED) is 0.529. The van der Waals surface area contributed by atoms with Gasteiger partial charge in [0.2, 0.25) is 0 Å². The van der Waals surface area contributed by atoms with Crippen molar-refractivity contribution in [2.75, 3.05) is 6.61 Å². The summed E-state index contributed by atoms with van der Waals surface area (Å²) < 4.78 is 0. The van der Waals surface area contributed by atoms with Crippen molar-refractivity contribution in [3.63, 3.8) is 0 Å². The van der Waals surface area contributed by atoms with Crippen LogP contribution in [0.25, 0.3) is 0 Å². The molecule has 1 amide bonds. The van der Waals surface area contributed by atoms with Gasteiger partial charge in [-0.05, 0) is 18.1 Å². The number of nitrogens with zero attached hydrogens (tertiary/aromatic N) is 1. The lowest BCUT2D eigenvalue weighted by molar-refractivity contribution is -0.117. The van der Waals surface area contributed by atoms with Crippen LogP contribution in [0.2, 0.25) is 5.02 Å². The van der Waals surface area contributed by atoms with E-state index in [1.807, 2.05) is 19.1 Å². The minimum Gasteiger partial charge on any atom is -0.394 e. The molecule has 1 atom stereocenters. The summed E-state index contributed by atoms with van der Waals surface area (Å²) in [6, 6.07) is 8.81. The van der Waals surface area contributed by atoms with Gasteiger partial charge in [0.25, 0.3) is 5.91 Å². The minimum absolute atomic E-state index is 0.0473. The highest BCUT2D eigenvalue weighted by atomic mass is 35.5. The van der Waals surface area contributed by atoms with Crippen LogP contribution in [-0.2, 0) is 11.3 Å². The molecule has 0 fully saturated rings. The average Bonchev–Trinajstić information content (AvgIpc) is 2.51. The second-order valence-corrected chi connectivity index (χ2v) is 4.81. The van der Waals surface area contributed by atoms with Gasteiger partial charge in [-0.1, -0.05) is 36.7 Å². The van der Waals surface area contributed by atoms with Crippen LogP contribution in [0.3, 0.4) is 0 Å². The summed E-state index contributed by atoms with van der Waals surface area (Å²) in [5.74, 6) is -0.488. The van der Waals surface area contributed by atoms with E-state index in [0.29, 0.717) is 11.4 Å². The average molecular weight is 308 g/mol. The molecule has 0 saturated carbocycles. The SMILES string of the molecule is CCC(CO)N/C=C(/C#N)C(=O)NCc1ccccc1Cl. The number of halogens is 1. The van der Waals surface area contributed by atoms with Crippen molar-refractivity contribution in [3.8, 4) is 6.07 Å². The molecule has 1 aromatic carbocycles. The molecule has 0 aliphatic rings. The van der Waals surface area contributed by atoms with Gasteiger partial charge >= 0.3 is 0 Å². The van der Waals surface area contributed by atoms with Crippen LogP contribution in [0.1, 0.15) is 18.9 Å². The molecule has 6 heteroatoms. The molecule has 1 rings (SSSR count). The van der Waals surface area contributed by atoms with E-state index in [-0.39, 0.29) is 24.8 Å². The van der Waals surface area contributed by atoms with Crippen molar-refractivity contribution in [3.05, 3.63) is 46.6 Å². The van der Waals surface area contributed by atoms with Crippen LogP contribution in [0.5, 0.6) is 0 Å². The van der Waals surface area contributed by atoms with E-state index < -0.39 is 5.91 Å². The molecule has 0 heterocycles. The van der Waals surface area contributed by atoms with E-state index in [9.17, 15) is 4.79 Å². The van der Waals surface area contributed by atoms with E-state index in [1.54, 1.807) is 18.2 Å². The van der Waals surface area contributed by atoms with E-state index in [2.05, 4.69) is 10.6 Å². The Kier molecular flexibility index (Phi) is 7.30. The van der Waals surface area contributed by atoms with E-state index in [1.165, 1.54) is 6.20 Å². The number of carbonyl (C=O) groups excluding carboxylic acids is 1. The van der Waals surface area contributed by atoms with E-state index in [0.717, 1.165) is 5.56 Å². The van der Waals surface area contributed by atoms with E-state index >= 15 is 0 Å².